The maximum atomic E-state index is 12.9. The number of amidine groups is 1. The number of imidazole rings is 1. The molecule has 0 bridgehead atoms. The summed E-state index contributed by atoms with van der Waals surface area (Å²) in [5.41, 5.74) is 3.15. The molecule has 0 aliphatic heterocycles. The molecule has 0 saturated heterocycles. The van der Waals surface area contributed by atoms with Crippen LogP contribution in [-0.4, -0.2) is 33.2 Å². The van der Waals surface area contributed by atoms with E-state index >= 15 is 0 Å². The van der Waals surface area contributed by atoms with Gasteiger partial charge in [-0.05, 0) is 49.8 Å². The molecule has 1 amide bonds. The molecule has 0 spiro atoms. The molecule has 3 heterocycles. The Balaban J connectivity index is 1.46. The summed E-state index contributed by atoms with van der Waals surface area (Å²) in [7, 11) is 1.71. The Morgan fingerprint density at radius 2 is 2.06 bits per heavy atom. The SMILES string of the molecule is C/C=C\C(=NC)Nc1cc(Oc2cccc(C(=O)NCc3ccc4nccn4c3)c2C)ccn1. The fourth-order valence-corrected chi connectivity index (χ4v) is 3.45. The van der Waals surface area contributed by atoms with Crippen LogP contribution in [0.2, 0.25) is 0 Å². The van der Waals surface area contributed by atoms with Crippen LogP contribution in [0.25, 0.3) is 5.65 Å². The second-order valence-corrected chi connectivity index (χ2v) is 7.55. The number of hydrogen-bond donors (Lipinski definition) is 2. The zero-order valence-electron chi connectivity index (χ0n) is 19.3. The van der Waals surface area contributed by atoms with Crippen LogP contribution in [0.15, 0.2) is 84.4 Å². The van der Waals surface area contributed by atoms with Gasteiger partial charge in [-0.25, -0.2) is 9.97 Å². The van der Waals surface area contributed by atoms with Crippen molar-refractivity contribution < 1.29 is 9.53 Å². The van der Waals surface area contributed by atoms with Crippen molar-refractivity contribution in [3.05, 3.63) is 96.1 Å². The van der Waals surface area contributed by atoms with E-state index in [1.165, 1.54) is 0 Å². The first kappa shape index (κ1) is 22.7. The van der Waals surface area contributed by atoms with Crippen molar-refractivity contribution in [3.63, 3.8) is 0 Å². The number of pyridine rings is 2. The van der Waals surface area contributed by atoms with Crippen LogP contribution in [0.3, 0.4) is 0 Å². The Labute approximate surface area is 198 Å². The van der Waals surface area contributed by atoms with E-state index in [2.05, 4.69) is 25.6 Å². The summed E-state index contributed by atoms with van der Waals surface area (Å²) in [6.45, 7) is 4.20. The Morgan fingerprint density at radius 3 is 2.88 bits per heavy atom. The average molecular weight is 455 g/mol. The van der Waals surface area contributed by atoms with Gasteiger partial charge >= 0.3 is 0 Å². The molecule has 0 aliphatic rings. The third-order valence-corrected chi connectivity index (χ3v) is 5.21. The van der Waals surface area contributed by atoms with E-state index in [9.17, 15) is 4.79 Å². The van der Waals surface area contributed by atoms with Gasteiger partial charge < -0.3 is 19.8 Å². The number of aromatic nitrogens is 3. The number of aliphatic imine (C=N–C) groups is 1. The predicted molar refractivity (Wildman–Crippen MR) is 134 cm³/mol. The summed E-state index contributed by atoms with van der Waals surface area (Å²) in [6.07, 6.45) is 11.0. The second kappa shape index (κ2) is 10.4. The fourth-order valence-electron chi connectivity index (χ4n) is 3.45. The Kier molecular flexibility index (Phi) is 6.98. The summed E-state index contributed by atoms with van der Waals surface area (Å²) in [4.78, 5) is 25.6. The topological polar surface area (TPSA) is 92.9 Å². The van der Waals surface area contributed by atoms with Crippen LogP contribution in [0.1, 0.15) is 28.4 Å². The molecule has 0 saturated carbocycles. The molecule has 0 unspecified atom stereocenters. The van der Waals surface area contributed by atoms with E-state index < -0.39 is 0 Å². The number of allylic oxidation sites excluding steroid dienone is 1. The first-order chi connectivity index (χ1) is 16.6. The number of ether oxygens (including phenoxy) is 1. The van der Waals surface area contributed by atoms with Crippen LogP contribution in [-0.2, 0) is 6.54 Å². The highest BCUT2D eigenvalue weighted by Gasteiger charge is 2.13. The standard InChI is InChI=1S/C26H26N6O2/c1-4-6-23(27-3)31-24-15-20(11-12-28-24)34-22-8-5-7-21(18(22)2)26(33)30-16-19-9-10-25-29-13-14-32(25)17-19/h4-15,17H,16H2,1-3H3,(H,30,33)(H,27,28,31)/b6-4-. The number of nitrogens with zero attached hydrogens (tertiary/aromatic N) is 4. The summed E-state index contributed by atoms with van der Waals surface area (Å²) in [6, 6.07) is 12.9. The zero-order chi connectivity index (χ0) is 23.9. The van der Waals surface area contributed by atoms with Gasteiger partial charge in [-0.2, -0.15) is 0 Å². The summed E-state index contributed by atoms with van der Waals surface area (Å²) < 4.78 is 8.01. The molecule has 1 aromatic carbocycles. The highest BCUT2D eigenvalue weighted by molar-refractivity contribution is 6.03. The lowest BCUT2D eigenvalue weighted by Crippen LogP contribution is -2.23. The van der Waals surface area contributed by atoms with E-state index in [1.807, 2.05) is 67.1 Å². The fraction of sp³-hybridized carbons (Fsp3) is 0.154. The third-order valence-electron chi connectivity index (χ3n) is 5.21. The van der Waals surface area contributed by atoms with Crippen molar-refractivity contribution in [3.8, 4) is 11.5 Å². The number of amides is 1. The summed E-state index contributed by atoms with van der Waals surface area (Å²) in [5.74, 6) is 2.33. The van der Waals surface area contributed by atoms with Crippen LogP contribution in [0.4, 0.5) is 5.82 Å². The molecule has 0 fully saturated rings. The third kappa shape index (κ3) is 5.29. The summed E-state index contributed by atoms with van der Waals surface area (Å²) >= 11 is 0. The number of fused-ring (bicyclic) bond motifs is 1. The van der Waals surface area contributed by atoms with E-state index in [1.54, 1.807) is 37.6 Å². The van der Waals surface area contributed by atoms with Crippen molar-refractivity contribution in [2.75, 3.05) is 12.4 Å². The molecule has 0 radical (unpaired) electrons. The monoisotopic (exact) mass is 454 g/mol. The van der Waals surface area contributed by atoms with Crippen molar-refractivity contribution >= 4 is 23.2 Å². The molecule has 0 atom stereocenters. The van der Waals surface area contributed by atoms with Gasteiger partial charge in [0.2, 0.25) is 0 Å². The molecule has 8 nitrogen and oxygen atoms in total. The second-order valence-electron chi connectivity index (χ2n) is 7.55. The average Bonchev–Trinajstić information content (AvgIpc) is 3.32. The molecule has 2 N–H and O–H groups in total. The molecule has 4 aromatic rings. The first-order valence-electron chi connectivity index (χ1n) is 10.9. The van der Waals surface area contributed by atoms with Crippen molar-refractivity contribution in [2.24, 2.45) is 4.99 Å². The minimum Gasteiger partial charge on any atom is -0.457 e. The largest absolute Gasteiger partial charge is 0.457 e. The van der Waals surface area contributed by atoms with E-state index in [0.717, 1.165) is 16.8 Å². The number of anilines is 1. The van der Waals surface area contributed by atoms with Crippen LogP contribution >= 0.6 is 0 Å². The lowest BCUT2D eigenvalue weighted by Gasteiger charge is -2.13. The van der Waals surface area contributed by atoms with Gasteiger partial charge in [-0.1, -0.05) is 18.2 Å². The number of benzene rings is 1. The van der Waals surface area contributed by atoms with Gasteiger partial charge in [0.1, 0.15) is 28.8 Å². The Hall–Kier alpha value is -4.46. The van der Waals surface area contributed by atoms with Crippen molar-refractivity contribution in [1.82, 2.24) is 19.7 Å². The number of carbonyl (C=O) groups excluding carboxylic acids is 1. The van der Waals surface area contributed by atoms with Gasteiger partial charge in [0, 0.05) is 55.6 Å². The molecule has 34 heavy (non-hydrogen) atoms. The lowest BCUT2D eigenvalue weighted by atomic mass is 10.1. The van der Waals surface area contributed by atoms with E-state index in [4.69, 9.17) is 4.74 Å². The van der Waals surface area contributed by atoms with Crippen molar-refractivity contribution in [2.45, 2.75) is 20.4 Å². The smallest absolute Gasteiger partial charge is 0.251 e. The Bertz CT molecular complexity index is 1370. The molecule has 3 aromatic heterocycles. The maximum absolute atomic E-state index is 12.9. The maximum Gasteiger partial charge on any atom is 0.251 e. The quantitative estimate of drug-likeness (QED) is 0.310. The molecule has 0 aliphatic carbocycles. The molecule has 8 heteroatoms. The van der Waals surface area contributed by atoms with Gasteiger partial charge in [-0.3, -0.25) is 9.79 Å². The normalized spacial score (nSPS) is 11.7. The van der Waals surface area contributed by atoms with Gasteiger partial charge in [0.05, 0.1) is 0 Å². The summed E-state index contributed by atoms with van der Waals surface area (Å²) in [5, 5.41) is 6.13. The van der Waals surface area contributed by atoms with E-state index in [0.29, 0.717) is 35.3 Å². The van der Waals surface area contributed by atoms with Gasteiger partial charge in [0.25, 0.3) is 5.91 Å². The number of rotatable bonds is 7. The first-order valence-corrected chi connectivity index (χ1v) is 10.9. The molecular formula is C26H26N6O2. The minimum atomic E-state index is -0.166. The predicted octanol–water partition coefficient (Wildman–Crippen LogP) is 4.78. The highest BCUT2D eigenvalue weighted by atomic mass is 16.5. The van der Waals surface area contributed by atoms with Crippen molar-refractivity contribution in [1.29, 1.82) is 0 Å². The lowest BCUT2D eigenvalue weighted by molar-refractivity contribution is 0.0950. The van der Waals surface area contributed by atoms with Crippen LogP contribution < -0.4 is 15.4 Å². The number of hydrogen-bond acceptors (Lipinski definition) is 5. The number of nitrogens with one attached hydrogen (secondary N) is 2. The Morgan fingerprint density at radius 1 is 1.18 bits per heavy atom. The van der Waals surface area contributed by atoms with Crippen LogP contribution in [0, 0.1) is 6.92 Å². The van der Waals surface area contributed by atoms with Gasteiger partial charge in [-0.15, -0.1) is 0 Å². The van der Waals surface area contributed by atoms with Crippen LogP contribution in [0.5, 0.6) is 11.5 Å². The minimum absolute atomic E-state index is 0.166. The highest BCUT2D eigenvalue weighted by Crippen LogP contribution is 2.28. The number of carbonyl (C=O) groups is 1. The zero-order valence-corrected chi connectivity index (χ0v) is 19.3. The molecule has 4 rings (SSSR count). The molecular weight excluding hydrogens is 428 g/mol. The van der Waals surface area contributed by atoms with Gasteiger partial charge in [0.15, 0.2) is 0 Å². The molecule has 172 valence electrons. The van der Waals surface area contributed by atoms with E-state index in [-0.39, 0.29) is 5.91 Å².